The Labute approximate surface area is 98.9 Å². The lowest BCUT2D eigenvalue weighted by Gasteiger charge is -2.45. The van der Waals surface area contributed by atoms with E-state index < -0.39 is 0 Å². The van der Waals surface area contributed by atoms with Crippen molar-refractivity contribution < 1.29 is 10.2 Å². The Hall–Kier alpha value is -0.160. The minimum Gasteiger partial charge on any atom is -0.392 e. The maximum atomic E-state index is 9.42. The van der Waals surface area contributed by atoms with Gasteiger partial charge in [0, 0.05) is 38.3 Å². The molecule has 4 heteroatoms. The van der Waals surface area contributed by atoms with Gasteiger partial charge in [0.25, 0.3) is 0 Å². The lowest BCUT2D eigenvalue weighted by molar-refractivity contribution is -0.00115. The maximum absolute atomic E-state index is 9.42. The molecular weight excluding hydrogens is 204 g/mol. The first kappa shape index (κ1) is 13.9. The summed E-state index contributed by atoms with van der Waals surface area (Å²) in [6.45, 7) is 11.5. The summed E-state index contributed by atoms with van der Waals surface area (Å²) in [5, 5.41) is 18.8. The fraction of sp³-hybridized carbons (Fsp3) is 1.00. The van der Waals surface area contributed by atoms with E-state index in [9.17, 15) is 10.2 Å². The third-order valence-corrected chi connectivity index (χ3v) is 3.24. The summed E-state index contributed by atoms with van der Waals surface area (Å²) >= 11 is 0. The van der Waals surface area contributed by atoms with Gasteiger partial charge in [0.2, 0.25) is 0 Å². The zero-order valence-electron chi connectivity index (χ0n) is 10.9. The molecule has 1 heterocycles. The molecule has 0 bridgehead atoms. The lowest BCUT2D eigenvalue weighted by Crippen LogP contribution is -2.58. The third-order valence-electron chi connectivity index (χ3n) is 3.24. The second kappa shape index (κ2) is 5.96. The molecule has 0 unspecified atom stereocenters. The van der Waals surface area contributed by atoms with E-state index in [0.29, 0.717) is 12.1 Å². The van der Waals surface area contributed by atoms with Gasteiger partial charge in [-0.15, -0.1) is 0 Å². The van der Waals surface area contributed by atoms with Crippen LogP contribution in [0, 0.1) is 0 Å². The SMILES string of the molecule is C[C@@H]1CN(C[C@@H](C)O)[C@H](C)CN1C[C@@H](C)O. The Morgan fingerprint density at radius 2 is 1.25 bits per heavy atom. The normalized spacial score (nSPS) is 32.6. The summed E-state index contributed by atoms with van der Waals surface area (Å²) < 4.78 is 0. The van der Waals surface area contributed by atoms with Crippen molar-refractivity contribution in [2.24, 2.45) is 0 Å². The molecule has 1 saturated heterocycles. The number of hydrogen-bond donors (Lipinski definition) is 2. The van der Waals surface area contributed by atoms with E-state index in [1.807, 2.05) is 13.8 Å². The summed E-state index contributed by atoms with van der Waals surface area (Å²) in [7, 11) is 0. The summed E-state index contributed by atoms with van der Waals surface area (Å²) in [5.74, 6) is 0. The van der Waals surface area contributed by atoms with E-state index in [1.54, 1.807) is 0 Å². The van der Waals surface area contributed by atoms with Crippen molar-refractivity contribution >= 4 is 0 Å². The standard InChI is InChI=1S/C12H26N2O2/c1-9-5-14(8-12(4)16)10(2)6-13(9)7-11(3)15/h9-12,15-16H,5-8H2,1-4H3/t9-,10-,11-,12-/m1/s1. The third kappa shape index (κ3) is 4.01. The zero-order chi connectivity index (χ0) is 12.3. The Bertz CT molecular complexity index is 187. The average molecular weight is 230 g/mol. The molecular formula is C12H26N2O2. The van der Waals surface area contributed by atoms with Gasteiger partial charge in [-0.1, -0.05) is 0 Å². The minimum absolute atomic E-state index is 0.266. The maximum Gasteiger partial charge on any atom is 0.0639 e. The summed E-state index contributed by atoms with van der Waals surface area (Å²) in [4.78, 5) is 4.65. The predicted molar refractivity (Wildman–Crippen MR) is 65.4 cm³/mol. The molecule has 1 fully saturated rings. The number of piperazine rings is 1. The van der Waals surface area contributed by atoms with Gasteiger partial charge < -0.3 is 10.2 Å². The van der Waals surface area contributed by atoms with E-state index >= 15 is 0 Å². The van der Waals surface area contributed by atoms with Crippen LogP contribution in [0.25, 0.3) is 0 Å². The smallest absolute Gasteiger partial charge is 0.0639 e. The van der Waals surface area contributed by atoms with Crippen molar-refractivity contribution in [3.63, 3.8) is 0 Å². The number of aliphatic hydroxyl groups excluding tert-OH is 2. The Balaban J connectivity index is 2.49. The number of β-amino-alcohol motifs (C(OH)–C–C–N with tert-alkyl or cyclic N) is 2. The van der Waals surface area contributed by atoms with Gasteiger partial charge in [0.05, 0.1) is 12.2 Å². The van der Waals surface area contributed by atoms with Crippen LogP contribution in [-0.2, 0) is 0 Å². The van der Waals surface area contributed by atoms with Crippen LogP contribution in [-0.4, -0.2) is 70.5 Å². The average Bonchev–Trinajstić information content (AvgIpc) is 2.11. The quantitative estimate of drug-likeness (QED) is 0.721. The first-order valence-electron chi connectivity index (χ1n) is 6.24. The van der Waals surface area contributed by atoms with Gasteiger partial charge in [-0.25, -0.2) is 0 Å². The molecule has 0 aliphatic carbocycles. The molecule has 16 heavy (non-hydrogen) atoms. The highest BCUT2D eigenvalue weighted by atomic mass is 16.3. The molecule has 4 atom stereocenters. The largest absolute Gasteiger partial charge is 0.392 e. The van der Waals surface area contributed by atoms with Crippen molar-refractivity contribution in [3.05, 3.63) is 0 Å². The first-order valence-corrected chi connectivity index (χ1v) is 6.24. The van der Waals surface area contributed by atoms with Gasteiger partial charge in [-0.05, 0) is 27.7 Å². The molecule has 4 nitrogen and oxygen atoms in total. The van der Waals surface area contributed by atoms with Crippen LogP contribution in [0.15, 0.2) is 0 Å². The molecule has 2 N–H and O–H groups in total. The number of nitrogens with zero attached hydrogens (tertiary/aromatic N) is 2. The Morgan fingerprint density at radius 1 is 0.938 bits per heavy atom. The van der Waals surface area contributed by atoms with Crippen molar-refractivity contribution in [3.8, 4) is 0 Å². The van der Waals surface area contributed by atoms with Crippen molar-refractivity contribution in [2.75, 3.05) is 26.2 Å². The molecule has 96 valence electrons. The highest BCUT2D eigenvalue weighted by molar-refractivity contribution is 4.85. The summed E-state index contributed by atoms with van der Waals surface area (Å²) in [5.41, 5.74) is 0. The van der Waals surface area contributed by atoms with Crippen LogP contribution in [0.5, 0.6) is 0 Å². The number of hydrogen-bond acceptors (Lipinski definition) is 4. The van der Waals surface area contributed by atoms with Crippen molar-refractivity contribution in [1.82, 2.24) is 9.80 Å². The first-order chi connectivity index (χ1) is 7.40. The highest BCUT2D eigenvalue weighted by Crippen LogP contribution is 2.15. The van der Waals surface area contributed by atoms with E-state index in [-0.39, 0.29) is 12.2 Å². The molecule has 0 radical (unpaired) electrons. The molecule has 1 aliphatic rings. The summed E-state index contributed by atoms with van der Waals surface area (Å²) in [6.07, 6.45) is -0.532. The van der Waals surface area contributed by atoms with Crippen LogP contribution in [0.4, 0.5) is 0 Å². The van der Waals surface area contributed by atoms with E-state index in [0.717, 1.165) is 26.2 Å². The van der Waals surface area contributed by atoms with E-state index in [4.69, 9.17) is 0 Å². The van der Waals surface area contributed by atoms with Gasteiger partial charge in [-0.2, -0.15) is 0 Å². The fourth-order valence-corrected chi connectivity index (χ4v) is 2.46. The van der Waals surface area contributed by atoms with Crippen LogP contribution in [0.2, 0.25) is 0 Å². The molecule has 1 aliphatic heterocycles. The number of rotatable bonds is 4. The predicted octanol–water partition coefficient (Wildman–Crippen LogP) is 0.143. The van der Waals surface area contributed by atoms with Crippen molar-refractivity contribution in [1.29, 1.82) is 0 Å². The second-order valence-electron chi connectivity index (χ2n) is 5.30. The topological polar surface area (TPSA) is 46.9 Å². The van der Waals surface area contributed by atoms with Gasteiger partial charge >= 0.3 is 0 Å². The molecule has 1 rings (SSSR count). The monoisotopic (exact) mass is 230 g/mol. The number of aliphatic hydroxyl groups is 2. The molecule has 0 aromatic heterocycles. The Morgan fingerprint density at radius 3 is 1.50 bits per heavy atom. The van der Waals surface area contributed by atoms with Crippen LogP contribution in [0.1, 0.15) is 27.7 Å². The second-order valence-corrected chi connectivity index (χ2v) is 5.30. The van der Waals surface area contributed by atoms with E-state index in [2.05, 4.69) is 23.6 Å². The minimum atomic E-state index is -0.266. The van der Waals surface area contributed by atoms with E-state index in [1.165, 1.54) is 0 Å². The molecule has 0 aromatic carbocycles. The van der Waals surface area contributed by atoms with Crippen molar-refractivity contribution in [2.45, 2.75) is 52.0 Å². The van der Waals surface area contributed by atoms with Gasteiger partial charge in [-0.3, -0.25) is 9.80 Å². The van der Waals surface area contributed by atoms with Crippen LogP contribution >= 0.6 is 0 Å². The highest BCUT2D eigenvalue weighted by Gasteiger charge is 2.29. The Kier molecular flexibility index (Phi) is 5.18. The molecule has 0 amide bonds. The fourth-order valence-electron chi connectivity index (χ4n) is 2.46. The van der Waals surface area contributed by atoms with Gasteiger partial charge in [0.1, 0.15) is 0 Å². The zero-order valence-corrected chi connectivity index (χ0v) is 10.9. The molecule has 0 saturated carbocycles. The summed E-state index contributed by atoms with van der Waals surface area (Å²) in [6, 6.07) is 0.897. The molecule has 0 spiro atoms. The van der Waals surface area contributed by atoms with Crippen LogP contribution < -0.4 is 0 Å². The lowest BCUT2D eigenvalue weighted by atomic mass is 10.1. The van der Waals surface area contributed by atoms with Gasteiger partial charge in [0.15, 0.2) is 0 Å². The van der Waals surface area contributed by atoms with Crippen LogP contribution in [0.3, 0.4) is 0 Å². The molecule has 0 aromatic rings.